The molecular formula is C5H13N3S. The Labute approximate surface area is 60.1 Å². The van der Waals surface area contributed by atoms with Gasteiger partial charge < -0.3 is 11.1 Å². The van der Waals surface area contributed by atoms with Gasteiger partial charge in [-0.15, -0.1) is 0 Å². The molecule has 0 saturated carbocycles. The lowest BCUT2D eigenvalue weighted by molar-refractivity contribution is 0.960. The molecule has 0 unspecified atom stereocenters. The Balaban J connectivity index is 3.07. The predicted molar refractivity (Wildman–Crippen MR) is 43.9 cm³/mol. The Morgan fingerprint density at radius 1 is 1.78 bits per heavy atom. The number of hydrogen-bond acceptors (Lipinski definition) is 2. The molecule has 0 aliphatic heterocycles. The van der Waals surface area contributed by atoms with E-state index in [1.807, 2.05) is 0 Å². The molecule has 0 spiro atoms. The van der Waals surface area contributed by atoms with Crippen molar-refractivity contribution in [2.45, 2.75) is 0 Å². The fourth-order valence-corrected chi connectivity index (χ4v) is 0.666. The Bertz CT molecular complexity index is 92.2. The molecule has 0 aliphatic carbocycles. The van der Waals surface area contributed by atoms with Crippen LogP contribution in [0.15, 0.2) is 4.99 Å². The van der Waals surface area contributed by atoms with E-state index in [0.29, 0.717) is 5.96 Å². The molecular weight excluding hydrogens is 134 g/mol. The first-order chi connectivity index (χ1) is 4.31. The van der Waals surface area contributed by atoms with Gasteiger partial charge in [-0.25, -0.2) is 0 Å². The maximum atomic E-state index is 5.34. The Morgan fingerprint density at radius 2 is 2.44 bits per heavy atom. The number of guanidine groups is 1. The molecule has 0 aromatic heterocycles. The quantitative estimate of drug-likeness (QED) is 0.332. The van der Waals surface area contributed by atoms with Crippen LogP contribution in [0.5, 0.6) is 0 Å². The predicted octanol–water partition coefficient (Wildman–Crippen LogP) is -0.116. The summed E-state index contributed by atoms with van der Waals surface area (Å²) in [5.74, 6) is 1.58. The van der Waals surface area contributed by atoms with Gasteiger partial charge in [0.1, 0.15) is 0 Å². The average molecular weight is 147 g/mol. The number of thioether (sulfide) groups is 1. The van der Waals surface area contributed by atoms with Gasteiger partial charge in [-0.2, -0.15) is 11.8 Å². The Hall–Kier alpha value is -0.380. The summed E-state index contributed by atoms with van der Waals surface area (Å²) in [5.41, 5.74) is 5.34. The van der Waals surface area contributed by atoms with E-state index in [0.717, 1.165) is 12.3 Å². The second-order valence-corrected chi connectivity index (χ2v) is 2.51. The lowest BCUT2D eigenvalue weighted by atomic mass is 10.7. The van der Waals surface area contributed by atoms with Gasteiger partial charge in [0.2, 0.25) is 0 Å². The zero-order valence-corrected chi connectivity index (χ0v) is 6.66. The van der Waals surface area contributed by atoms with Crippen LogP contribution in [0.3, 0.4) is 0 Å². The van der Waals surface area contributed by atoms with E-state index in [2.05, 4.69) is 16.6 Å². The number of nitrogens with two attached hydrogens (primary N) is 1. The largest absolute Gasteiger partial charge is 0.370 e. The molecule has 54 valence electrons. The lowest BCUT2D eigenvalue weighted by Gasteiger charge is -2.00. The molecule has 3 nitrogen and oxygen atoms in total. The number of aliphatic imine (C=N–C) groups is 1. The van der Waals surface area contributed by atoms with E-state index in [-0.39, 0.29) is 0 Å². The molecule has 0 bridgehead atoms. The van der Waals surface area contributed by atoms with Crippen molar-refractivity contribution in [2.75, 3.05) is 25.6 Å². The van der Waals surface area contributed by atoms with Gasteiger partial charge in [-0.3, -0.25) is 4.99 Å². The summed E-state index contributed by atoms with van der Waals surface area (Å²) in [7, 11) is 1.67. The third-order valence-corrected chi connectivity index (χ3v) is 1.47. The van der Waals surface area contributed by atoms with Crippen molar-refractivity contribution in [2.24, 2.45) is 10.7 Å². The van der Waals surface area contributed by atoms with Crippen molar-refractivity contribution in [3.05, 3.63) is 0 Å². The Morgan fingerprint density at radius 3 is 2.89 bits per heavy atom. The van der Waals surface area contributed by atoms with Crippen LogP contribution >= 0.6 is 11.8 Å². The summed E-state index contributed by atoms with van der Waals surface area (Å²) >= 11 is 1.78. The third-order valence-electron chi connectivity index (χ3n) is 0.853. The molecule has 4 heteroatoms. The molecule has 0 aromatic carbocycles. The standard InChI is InChI=1S/C5H13N3S/c1-7-5(6)8-3-4-9-2/h3-4H2,1-2H3,(H3,6,7,8). The van der Waals surface area contributed by atoms with Gasteiger partial charge >= 0.3 is 0 Å². The molecule has 0 aliphatic rings. The van der Waals surface area contributed by atoms with Crippen LogP contribution in [-0.2, 0) is 0 Å². The van der Waals surface area contributed by atoms with Gasteiger partial charge in [0.15, 0.2) is 5.96 Å². The van der Waals surface area contributed by atoms with E-state index < -0.39 is 0 Å². The number of rotatable bonds is 3. The van der Waals surface area contributed by atoms with Gasteiger partial charge in [0.25, 0.3) is 0 Å². The normalized spacial score (nSPS) is 11.6. The van der Waals surface area contributed by atoms with E-state index >= 15 is 0 Å². The van der Waals surface area contributed by atoms with Crippen LogP contribution in [0.4, 0.5) is 0 Å². The van der Waals surface area contributed by atoms with Crippen LogP contribution in [-0.4, -0.2) is 31.6 Å². The SMILES string of the molecule is CN=C(N)NCCSC. The average Bonchev–Trinajstić information content (AvgIpc) is 1.89. The first kappa shape index (κ1) is 8.62. The Kier molecular flexibility index (Phi) is 5.51. The van der Waals surface area contributed by atoms with Crippen molar-refractivity contribution in [3.63, 3.8) is 0 Å². The highest BCUT2D eigenvalue weighted by Gasteiger charge is 1.85. The van der Waals surface area contributed by atoms with Gasteiger partial charge in [-0.1, -0.05) is 0 Å². The van der Waals surface area contributed by atoms with Crippen molar-refractivity contribution in [3.8, 4) is 0 Å². The monoisotopic (exact) mass is 147 g/mol. The van der Waals surface area contributed by atoms with E-state index in [1.54, 1.807) is 18.8 Å². The minimum Gasteiger partial charge on any atom is -0.370 e. The van der Waals surface area contributed by atoms with Crippen molar-refractivity contribution >= 4 is 17.7 Å². The van der Waals surface area contributed by atoms with Crippen LogP contribution in [0.2, 0.25) is 0 Å². The first-order valence-corrected chi connectivity index (χ1v) is 4.15. The topological polar surface area (TPSA) is 50.4 Å². The van der Waals surface area contributed by atoms with Crippen molar-refractivity contribution < 1.29 is 0 Å². The highest BCUT2D eigenvalue weighted by atomic mass is 32.2. The first-order valence-electron chi connectivity index (χ1n) is 2.76. The lowest BCUT2D eigenvalue weighted by Crippen LogP contribution is -2.32. The smallest absolute Gasteiger partial charge is 0.188 e. The maximum Gasteiger partial charge on any atom is 0.188 e. The van der Waals surface area contributed by atoms with Crippen LogP contribution in [0, 0.1) is 0 Å². The van der Waals surface area contributed by atoms with Crippen LogP contribution in [0.1, 0.15) is 0 Å². The second-order valence-electron chi connectivity index (χ2n) is 1.53. The molecule has 0 atom stereocenters. The number of nitrogens with zero attached hydrogens (tertiary/aromatic N) is 1. The zero-order chi connectivity index (χ0) is 7.11. The van der Waals surface area contributed by atoms with E-state index in [9.17, 15) is 0 Å². The number of hydrogen-bond donors (Lipinski definition) is 2. The molecule has 0 aromatic rings. The molecule has 0 rings (SSSR count). The summed E-state index contributed by atoms with van der Waals surface area (Å²) in [6, 6.07) is 0. The molecule has 3 N–H and O–H groups in total. The zero-order valence-electron chi connectivity index (χ0n) is 5.85. The third kappa shape index (κ3) is 5.49. The minimum atomic E-state index is 0.518. The second kappa shape index (κ2) is 5.75. The van der Waals surface area contributed by atoms with E-state index in [4.69, 9.17) is 5.73 Å². The maximum absolute atomic E-state index is 5.34. The fourth-order valence-electron chi connectivity index (χ4n) is 0.360. The summed E-state index contributed by atoms with van der Waals surface area (Å²) < 4.78 is 0. The molecule has 0 amide bonds. The minimum absolute atomic E-state index is 0.518. The molecule has 9 heavy (non-hydrogen) atoms. The molecule has 0 radical (unpaired) electrons. The van der Waals surface area contributed by atoms with Crippen LogP contribution in [0.25, 0.3) is 0 Å². The van der Waals surface area contributed by atoms with Gasteiger partial charge in [0, 0.05) is 19.3 Å². The van der Waals surface area contributed by atoms with Crippen LogP contribution < -0.4 is 11.1 Å². The molecule has 0 saturated heterocycles. The van der Waals surface area contributed by atoms with Gasteiger partial charge in [0.05, 0.1) is 0 Å². The fraction of sp³-hybridized carbons (Fsp3) is 0.800. The highest BCUT2D eigenvalue weighted by molar-refractivity contribution is 7.98. The van der Waals surface area contributed by atoms with E-state index in [1.165, 1.54) is 0 Å². The summed E-state index contributed by atoms with van der Waals surface area (Å²) in [6.07, 6.45) is 2.06. The van der Waals surface area contributed by atoms with Crippen molar-refractivity contribution in [1.82, 2.24) is 5.32 Å². The van der Waals surface area contributed by atoms with Crippen molar-refractivity contribution in [1.29, 1.82) is 0 Å². The molecule has 0 fully saturated rings. The summed E-state index contributed by atoms with van der Waals surface area (Å²) in [6.45, 7) is 0.893. The summed E-state index contributed by atoms with van der Waals surface area (Å²) in [5, 5.41) is 2.94. The summed E-state index contributed by atoms with van der Waals surface area (Å²) in [4.78, 5) is 3.73. The highest BCUT2D eigenvalue weighted by Crippen LogP contribution is 1.86. The number of nitrogens with one attached hydrogen (secondary N) is 1. The molecule has 0 heterocycles. The van der Waals surface area contributed by atoms with Gasteiger partial charge in [-0.05, 0) is 6.26 Å².